The molecule has 1 atom stereocenters. The van der Waals surface area contributed by atoms with Crippen LogP contribution >= 0.6 is 11.6 Å². The summed E-state index contributed by atoms with van der Waals surface area (Å²) in [5.74, 6) is 0.498. The van der Waals surface area contributed by atoms with E-state index in [-0.39, 0.29) is 25.0 Å². The SMILES string of the molecule is COc1ccc(C(C)=O)cc1COC(=O)[C@H]1COc2ccc(Cl)cc2C1. The number of rotatable bonds is 5. The van der Waals surface area contributed by atoms with E-state index in [1.165, 1.54) is 14.0 Å². The molecule has 1 aliphatic heterocycles. The molecule has 0 bridgehead atoms. The summed E-state index contributed by atoms with van der Waals surface area (Å²) >= 11 is 6.01. The van der Waals surface area contributed by atoms with Gasteiger partial charge in [-0.2, -0.15) is 0 Å². The Hall–Kier alpha value is -2.53. The van der Waals surface area contributed by atoms with Gasteiger partial charge in [-0.05, 0) is 55.3 Å². The minimum absolute atomic E-state index is 0.0298. The van der Waals surface area contributed by atoms with Gasteiger partial charge in [0.05, 0.1) is 13.0 Å². The summed E-state index contributed by atoms with van der Waals surface area (Å²) in [6, 6.07) is 10.4. The Morgan fingerprint density at radius 3 is 2.77 bits per heavy atom. The highest BCUT2D eigenvalue weighted by molar-refractivity contribution is 6.30. The Balaban J connectivity index is 1.68. The quantitative estimate of drug-likeness (QED) is 0.587. The van der Waals surface area contributed by atoms with Gasteiger partial charge in [-0.15, -0.1) is 0 Å². The predicted octanol–water partition coefficient (Wildman–Crippen LogP) is 3.85. The van der Waals surface area contributed by atoms with Crippen LogP contribution in [0.1, 0.15) is 28.4 Å². The zero-order chi connectivity index (χ0) is 18.7. The summed E-state index contributed by atoms with van der Waals surface area (Å²) in [6.07, 6.45) is 0.513. The fraction of sp³-hybridized carbons (Fsp3) is 0.300. The molecule has 0 saturated carbocycles. The van der Waals surface area contributed by atoms with Crippen LogP contribution in [0.5, 0.6) is 11.5 Å². The van der Waals surface area contributed by atoms with E-state index in [2.05, 4.69) is 0 Å². The molecule has 26 heavy (non-hydrogen) atoms. The van der Waals surface area contributed by atoms with Gasteiger partial charge in [0, 0.05) is 16.1 Å². The van der Waals surface area contributed by atoms with Gasteiger partial charge in [0.1, 0.15) is 24.7 Å². The van der Waals surface area contributed by atoms with Gasteiger partial charge in [-0.3, -0.25) is 9.59 Å². The van der Waals surface area contributed by atoms with Gasteiger partial charge in [0.2, 0.25) is 0 Å². The maximum atomic E-state index is 12.4. The molecule has 0 amide bonds. The van der Waals surface area contributed by atoms with Crippen molar-refractivity contribution in [2.45, 2.75) is 20.0 Å². The largest absolute Gasteiger partial charge is 0.496 e. The first kappa shape index (κ1) is 18.3. The van der Waals surface area contributed by atoms with Gasteiger partial charge >= 0.3 is 5.97 Å². The van der Waals surface area contributed by atoms with Gasteiger partial charge in [-0.1, -0.05) is 11.6 Å². The first-order chi connectivity index (χ1) is 12.5. The van der Waals surface area contributed by atoms with Crippen LogP contribution in [-0.2, 0) is 22.6 Å². The van der Waals surface area contributed by atoms with Gasteiger partial charge < -0.3 is 14.2 Å². The number of esters is 1. The van der Waals surface area contributed by atoms with Crippen molar-refractivity contribution in [2.75, 3.05) is 13.7 Å². The third kappa shape index (κ3) is 3.99. The highest BCUT2D eigenvalue weighted by Crippen LogP contribution is 2.30. The van der Waals surface area contributed by atoms with Crippen LogP contribution in [0.15, 0.2) is 36.4 Å². The van der Waals surface area contributed by atoms with Crippen molar-refractivity contribution in [1.82, 2.24) is 0 Å². The zero-order valence-electron chi connectivity index (χ0n) is 14.6. The lowest BCUT2D eigenvalue weighted by Gasteiger charge is -2.24. The molecule has 1 heterocycles. The molecular weight excluding hydrogens is 356 g/mol. The van der Waals surface area contributed by atoms with Crippen LogP contribution < -0.4 is 9.47 Å². The smallest absolute Gasteiger partial charge is 0.313 e. The molecule has 1 aliphatic rings. The number of ketones is 1. The predicted molar refractivity (Wildman–Crippen MR) is 96.9 cm³/mol. The summed E-state index contributed by atoms with van der Waals surface area (Å²) < 4.78 is 16.4. The second-order valence-electron chi connectivity index (χ2n) is 6.15. The second-order valence-corrected chi connectivity index (χ2v) is 6.59. The van der Waals surface area contributed by atoms with Crippen molar-refractivity contribution >= 4 is 23.4 Å². The number of ether oxygens (including phenoxy) is 3. The molecule has 6 heteroatoms. The lowest BCUT2D eigenvalue weighted by molar-refractivity contribution is -0.151. The molecule has 0 aliphatic carbocycles. The fourth-order valence-electron chi connectivity index (χ4n) is 2.89. The molecule has 0 saturated heterocycles. The molecule has 2 aromatic carbocycles. The second kappa shape index (κ2) is 7.79. The molecule has 5 nitrogen and oxygen atoms in total. The van der Waals surface area contributed by atoms with E-state index in [0.29, 0.717) is 28.3 Å². The maximum Gasteiger partial charge on any atom is 0.313 e. The average Bonchev–Trinajstić information content (AvgIpc) is 2.65. The lowest BCUT2D eigenvalue weighted by Crippen LogP contribution is -2.29. The molecule has 0 unspecified atom stereocenters. The number of benzene rings is 2. The van der Waals surface area contributed by atoms with Crippen LogP contribution in [0, 0.1) is 5.92 Å². The third-order valence-electron chi connectivity index (χ3n) is 4.32. The van der Waals surface area contributed by atoms with E-state index in [1.807, 2.05) is 0 Å². The Bertz CT molecular complexity index is 846. The average molecular weight is 375 g/mol. The molecule has 0 N–H and O–H groups in total. The first-order valence-corrected chi connectivity index (χ1v) is 8.61. The van der Waals surface area contributed by atoms with Crippen LogP contribution in [0.25, 0.3) is 0 Å². The van der Waals surface area contributed by atoms with Crippen LogP contribution in [0.4, 0.5) is 0 Å². The van der Waals surface area contributed by atoms with Crippen molar-refractivity contribution in [3.8, 4) is 11.5 Å². The first-order valence-electron chi connectivity index (χ1n) is 8.23. The molecule has 0 spiro atoms. The molecule has 0 radical (unpaired) electrons. The van der Waals surface area contributed by atoms with Crippen molar-refractivity contribution in [3.05, 3.63) is 58.1 Å². The number of hydrogen-bond acceptors (Lipinski definition) is 5. The van der Waals surface area contributed by atoms with Crippen molar-refractivity contribution < 1.29 is 23.8 Å². The van der Waals surface area contributed by atoms with Gasteiger partial charge in [-0.25, -0.2) is 0 Å². The Morgan fingerprint density at radius 2 is 2.04 bits per heavy atom. The number of fused-ring (bicyclic) bond motifs is 1. The number of carbonyl (C=O) groups excluding carboxylic acids is 2. The molecule has 0 fully saturated rings. The van der Waals surface area contributed by atoms with E-state index < -0.39 is 5.92 Å². The van der Waals surface area contributed by atoms with E-state index in [9.17, 15) is 9.59 Å². The summed E-state index contributed by atoms with van der Waals surface area (Å²) in [7, 11) is 1.53. The number of hydrogen-bond donors (Lipinski definition) is 0. The lowest BCUT2D eigenvalue weighted by atomic mass is 9.97. The Morgan fingerprint density at radius 1 is 1.23 bits per heavy atom. The summed E-state index contributed by atoms with van der Waals surface area (Å²) in [6.45, 7) is 1.78. The summed E-state index contributed by atoms with van der Waals surface area (Å²) in [4.78, 5) is 24.0. The van der Waals surface area contributed by atoms with E-state index >= 15 is 0 Å². The molecule has 2 aromatic rings. The van der Waals surface area contributed by atoms with Crippen LogP contribution in [0.2, 0.25) is 5.02 Å². The molecule has 136 valence electrons. The number of halogens is 1. The number of Topliss-reactive ketones (excluding diaryl/α,β-unsaturated/α-hetero) is 1. The minimum atomic E-state index is -0.400. The van der Waals surface area contributed by atoms with Crippen molar-refractivity contribution in [2.24, 2.45) is 5.92 Å². The normalized spacial score (nSPS) is 15.6. The Labute approximate surface area is 156 Å². The fourth-order valence-corrected chi connectivity index (χ4v) is 3.09. The standard InChI is InChI=1S/C20H19ClO5/c1-12(22)13-3-5-18(24-2)15(7-13)10-26-20(23)16-8-14-9-17(21)4-6-19(14)25-11-16/h3-7,9,16H,8,10-11H2,1-2H3/t16-/m1/s1. The minimum Gasteiger partial charge on any atom is -0.496 e. The molecular formula is C20H19ClO5. The van der Waals surface area contributed by atoms with Gasteiger partial charge in [0.15, 0.2) is 5.78 Å². The van der Waals surface area contributed by atoms with Crippen LogP contribution in [0.3, 0.4) is 0 Å². The number of carbonyl (C=O) groups is 2. The topological polar surface area (TPSA) is 61.8 Å². The van der Waals surface area contributed by atoms with E-state index in [0.717, 1.165) is 11.3 Å². The highest BCUT2D eigenvalue weighted by Gasteiger charge is 2.27. The Kier molecular flexibility index (Phi) is 5.47. The molecule has 0 aromatic heterocycles. The van der Waals surface area contributed by atoms with E-state index in [4.69, 9.17) is 25.8 Å². The third-order valence-corrected chi connectivity index (χ3v) is 4.55. The van der Waals surface area contributed by atoms with Crippen molar-refractivity contribution in [3.63, 3.8) is 0 Å². The highest BCUT2D eigenvalue weighted by atomic mass is 35.5. The zero-order valence-corrected chi connectivity index (χ0v) is 15.3. The van der Waals surface area contributed by atoms with Crippen LogP contribution in [-0.4, -0.2) is 25.5 Å². The summed E-state index contributed by atoms with van der Waals surface area (Å²) in [5, 5.41) is 0.604. The molecule has 3 rings (SSSR count). The van der Waals surface area contributed by atoms with E-state index in [1.54, 1.807) is 36.4 Å². The number of methoxy groups -OCH3 is 1. The maximum absolute atomic E-state index is 12.4. The summed E-state index contributed by atoms with van der Waals surface area (Å²) in [5.41, 5.74) is 2.08. The van der Waals surface area contributed by atoms with Crippen molar-refractivity contribution in [1.29, 1.82) is 0 Å². The monoisotopic (exact) mass is 374 g/mol. The van der Waals surface area contributed by atoms with Gasteiger partial charge in [0.25, 0.3) is 0 Å².